The number of hydrogen-bond donors (Lipinski definition) is 1. The van der Waals surface area contributed by atoms with E-state index in [9.17, 15) is 13.6 Å². The number of halogens is 2. The SMILES string of the molecule is Cc1ccc(-c2cnc[nH]c2=O)c(F)c1F. The molecule has 0 atom stereocenters. The second kappa shape index (κ2) is 3.84. The zero-order valence-electron chi connectivity index (χ0n) is 8.42. The predicted octanol–water partition coefficient (Wildman–Crippen LogP) is 2.02. The van der Waals surface area contributed by atoms with Crippen molar-refractivity contribution in [2.75, 3.05) is 0 Å². The van der Waals surface area contributed by atoms with Crippen molar-refractivity contribution in [2.24, 2.45) is 0 Å². The molecule has 2 aromatic rings. The average Bonchev–Trinajstić information content (AvgIpc) is 2.28. The van der Waals surface area contributed by atoms with Gasteiger partial charge in [-0.3, -0.25) is 4.79 Å². The van der Waals surface area contributed by atoms with Crippen LogP contribution >= 0.6 is 0 Å². The quantitative estimate of drug-likeness (QED) is 0.802. The van der Waals surface area contributed by atoms with Crippen LogP contribution in [0, 0.1) is 18.6 Å². The Morgan fingerprint density at radius 3 is 2.62 bits per heavy atom. The Hall–Kier alpha value is -2.04. The van der Waals surface area contributed by atoms with E-state index in [4.69, 9.17) is 0 Å². The Morgan fingerprint density at radius 1 is 1.19 bits per heavy atom. The second-order valence-electron chi connectivity index (χ2n) is 3.35. The van der Waals surface area contributed by atoms with Crippen LogP contribution in [0.15, 0.2) is 29.5 Å². The lowest BCUT2D eigenvalue weighted by molar-refractivity contribution is 0.505. The van der Waals surface area contributed by atoms with Gasteiger partial charge in [-0.05, 0) is 12.5 Å². The van der Waals surface area contributed by atoms with E-state index in [-0.39, 0.29) is 16.7 Å². The normalized spacial score (nSPS) is 10.4. The number of nitrogens with one attached hydrogen (secondary N) is 1. The molecule has 0 aliphatic rings. The van der Waals surface area contributed by atoms with Crippen LogP contribution < -0.4 is 5.56 Å². The van der Waals surface area contributed by atoms with Crippen molar-refractivity contribution < 1.29 is 8.78 Å². The van der Waals surface area contributed by atoms with Gasteiger partial charge in [0.25, 0.3) is 5.56 Å². The molecule has 0 spiro atoms. The van der Waals surface area contributed by atoms with Crippen molar-refractivity contribution in [3.8, 4) is 11.1 Å². The summed E-state index contributed by atoms with van der Waals surface area (Å²) in [6, 6.07) is 2.78. The maximum atomic E-state index is 13.6. The lowest BCUT2D eigenvalue weighted by Gasteiger charge is -2.04. The number of aromatic nitrogens is 2. The number of aryl methyl sites for hydroxylation is 1. The molecule has 0 saturated carbocycles. The van der Waals surface area contributed by atoms with Crippen LogP contribution in [0.3, 0.4) is 0 Å². The molecule has 0 bridgehead atoms. The van der Waals surface area contributed by atoms with Gasteiger partial charge >= 0.3 is 0 Å². The minimum Gasteiger partial charge on any atom is -0.313 e. The molecule has 0 aliphatic heterocycles. The van der Waals surface area contributed by atoms with Crippen molar-refractivity contribution in [3.63, 3.8) is 0 Å². The molecule has 0 amide bonds. The lowest BCUT2D eigenvalue weighted by atomic mass is 10.1. The summed E-state index contributed by atoms with van der Waals surface area (Å²) in [6.45, 7) is 1.45. The average molecular weight is 222 g/mol. The Morgan fingerprint density at radius 2 is 1.94 bits per heavy atom. The van der Waals surface area contributed by atoms with Gasteiger partial charge in [-0.25, -0.2) is 13.8 Å². The predicted molar refractivity (Wildman–Crippen MR) is 54.9 cm³/mol. The van der Waals surface area contributed by atoms with Gasteiger partial charge < -0.3 is 4.98 Å². The van der Waals surface area contributed by atoms with Gasteiger partial charge in [0.1, 0.15) is 0 Å². The van der Waals surface area contributed by atoms with Gasteiger partial charge in [0.15, 0.2) is 11.6 Å². The standard InChI is InChI=1S/C11H8F2N2O/c1-6-2-3-7(10(13)9(6)12)8-4-14-5-15-11(8)16/h2-5H,1H3,(H,14,15,16). The summed E-state index contributed by atoms with van der Waals surface area (Å²) in [7, 11) is 0. The molecule has 1 aromatic heterocycles. The molecule has 3 nitrogen and oxygen atoms in total. The van der Waals surface area contributed by atoms with E-state index in [1.807, 2.05) is 0 Å². The first-order chi connectivity index (χ1) is 7.61. The zero-order chi connectivity index (χ0) is 11.7. The van der Waals surface area contributed by atoms with E-state index in [0.717, 1.165) is 0 Å². The van der Waals surface area contributed by atoms with Crippen LogP contribution in [-0.2, 0) is 0 Å². The molecule has 0 unspecified atom stereocenters. The van der Waals surface area contributed by atoms with E-state index in [1.54, 1.807) is 0 Å². The summed E-state index contributed by atoms with van der Waals surface area (Å²) in [6.07, 6.45) is 2.39. The number of nitrogens with zero attached hydrogens (tertiary/aromatic N) is 1. The van der Waals surface area contributed by atoms with Gasteiger partial charge in [0.05, 0.1) is 11.9 Å². The molecule has 1 aromatic carbocycles. The fourth-order valence-corrected chi connectivity index (χ4v) is 1.39. The molecule has 82 valence electrons. The third-order valence-electron chi connectivity index (χ3n) is 2.28. The number of rotatable bonds is 1. The molecular weight excluding hydrogens is 214 g/mol. The third kappa shape index (κ3) is 1.60. The lowest BCUT2D eigenvalue weighted by Crippen LogP contribution is -2.10. The van der Waals surface area contributed by atoms with Gasteiger partial charge in [-0.15, -0.1) is 0 Å². The largest absolute Gasteiger partial charge is 0.313 e. The smallest absolute Gasteiger partial charge is 0.258 e. The Labute approximate surface area is 89.8 Å². The van der Waals surface area contributed by atoms with Crippen LogP contribution in [0.1, 0.15) is 5.56 Å². The molecule has 1 N–H and O–H groups in total. The topological polar surface area (TPSA) is 45.8 Å². The van der Waals surface area contributed by atoms with E-state index in [2.05, 4.69) is 9.97 Å². The molecule has 16 heavy (non-hydrogen) atoms. The summed E-state index contributed by atoms with van der Waals surface area (Å²) in [5, 5.41) is 0. The summed E-state index contributed by atoms with van der Waals surface area (Å²) >= 11 is 0. The van der Waals surface area contributed by atoms with Crippen LogP contribution in [0.4, 0.5) is 8.78 Å². The van der Waals surface area contributed by atoms with Crippen molar-refractivity contribution in [1.82, 2.24) is 9.97 Å². The van der Waals surface area contributed by atoms with Gasteiger partial charge in [-0.2, -0.15) is 0 Å². The third-order valence-corrected chi connectivity index (χ3v) is 2.28. The number of aromatic amines is 1. The minimum absolute atomic E-state index is 0.0129. The summed E-state index contributed by atoms with van der Waals surface area (Å²) in [5.41, 5.74) is -0.380. The monoisotopic (exact) mass is 222 g/mol. The Bertz CT molecular complexity index is 593. The maximum Gasteiger partial charge on any atom is 0.258 e. The van der Waals surface area contributed by atoms with Crippen molar-refractivity contribution in [3.05, 3.63) is 52.2 Å². The maximum absolute atomic E-state index is 13.6. The highest BCUT2D eigenvalue weighted by Crippen LogP contribution is 2.22. The van der Waals surface area contributed by atoms with Crippen LogP contribution in [0.5, 0.6) is 0 Å². The molecule has 0 radical (unpaired) electrons. The minimum atomic E-state index is -1.03. The number of H-pyrrole nitrogens is 1. The van der Waals surface area contributed by atoms with E-state index in [0.29, 0.717) is 0 Å². The number of hydrogen-bond acceptors (Lipinski definition) is 2. The fraction of sp³-hybridized carbons (Fsp3) is 0.0909. The molecule has 2 rings (SSSR count). The molecule has 0 fully saturated rings. The first-order valence-electron chi connectivity index (χ1n) is 4.59. The summed E-state index contributed by atoms with van der Waals surface area (Å²) in [4.78, 5) is 17.4. The summed E-state index contributed by atoms with van der Waals surface area (Å²) < 4.78 is 26.9. The van der Waals surface area contributed by atoms with Crippen molar-refractivity contribution >= 4 is 0 Å². The van der Waals surface area contributed by atoms with Crippen molar-refractivity contribution in [2.45, 2.75) is 6.92 Å². The van der Waals surface area contributed by atoms with Gasteiger partial charge in [0, 0.05) is 11.8 Å². The van der Waals surface area contributed by atoms with E-state index in [1.165, 1.54) is 31.6 Å². The van der Waals surface area contributed by atoms with E-state index >= 15 is 0 Å². The Balaban J connectivity index is 2.71. The highest BCUT2D eigenvalue weighted by atomic mass is 19.2. The second-order valence-corrected chi connectivity index (χ2v) is 3.35. The number of benzene rings is 1. The van der Waals surface area contributed by atoms with Crippen LogP contribution in [-0.4, -0.2) is 9.97 Å². The summed E-state index contributed by atoms with van der Waals surface area (Å²) in [5.74, 6) is -1.97. The van der Waals surface area contributed by atoms with Crippen molar-refractivity contribution in [1.29, 1.82) is 0 Å². The first kappa shape index (κ1) is 10.5. The Kier molecular flexibility index (Phi) is 2.52. The highest BCUT2D eigenvalue weighted by molar-refractivity contribution is 5.62. The van der Waals surface area contributed by atoms with Crippen LogP contribution in [0.25, 0.3) is 11.1 Å². The fourth-order valence-electron chi connectivity index (χ4n) is 1.39. The molecule has 5 heteroatoms. The molecule has 0 saturated heterocycles. The molecular formula is C11H8F2N2O. The highest BCUT2D eigenvalue weighted by Gasteiger charge is 2.14. The molecule has 0 aliphatic carbocycles. The zero-order valence-corrected chi connectivity index (χ0v) is 8.42. The van der Waals surface area contributed by atoms with E-state index < -0.39 is 17.2 Å². The van der Waals surface area contributed by atoms with Gasteiger partial charge in [-0.1, -0.05) is 12.1 Å². The molecule has 1 heterocycles. The first-order valence-corrected chi connectivity index (χ1v) is 4.59. The van der Waals surface area contributed by atoms with Crippen LogP contribution in [0.2, 0.25) is 0 Å². The van der Waals surface area contributed by atoms with Gasteiger partial charge in [0.2, 0.25) is 0 Å².